The maximum atomic E-state index is 12.2. The highest BCUT2D eigenvalue weighted by atomic mass is 35.5. The van der Waals surface area contributed by atoms with Gasteiger partial charge >= 0.3 is 6.18 Å². The van der Waals surface area contributed by atoms with E-state index in [1.165, 1.54) is 0 Å². The summed E-state index contributed by atoms with van der Waals surface area (Å²) in [4.78, 5) is 0. The van der Waals surface area contributed by atoms with Crippen molar-refractivity contribution in [1.82, 2.24) is 0 Å². The van der Waals surface area contributed by atoms with Crippen molar-refractivity contribution in [2.75, 3.05) is 0 Å². The van der Waals surface area contributed by atoms with Gasteiger partial charge < -0.3 is 0 Å². The van der Waals surface area contributed by atoms with Gasteiger partial charge in [-0.3, -0.25) is 0 Å². The van der Waals surface area contributed by atoms with E-state index in [2.05, 4.69) is 6.07 Å². The molecule has 1 aromatic rings. The molecule has 0 fully saturated rings. The van der Waals surface area contributed by atoms with Gasteiger partial charge in [0.2, 0.25) is 0 Å². The summed E-state index contributed by atoms with van der Waals surface area (Å²) in [5.41, 5.74) is -1.05. The summed E-state index contributed by atoms with van der Waals surface area (Å²) in [5, 5.41) is -1.14. The van der Waals surface area contributed by atoms with Crippen LogP contribution in [0.2, 0.25) is 15.1 Å². The summed E-state index contributed by atoms with van der Waals surface area (Å²) >= 11 is 16.0. The van der Waals surface area contributed by atoms with Gasteiger partial charge in [0.15, 0.2) is 0 Å². The van der Waals surface area contributed by atoms with Crippen molar-refractivity contribution in [3.63, 3.8) is 0 Å². The van der Waals surface area contributed by atoms with Crippen molar-refractivity contribution >= 4 is 34.8 Å². The van der Waals surface area contributed by atoms with Crippen molar-refractivity contribution in [3.8, 4) is 0 Å². The highest BCUT2D eigenvalue weighted by Gasteiger charge is 2.34. The van der Waals surface area contributed by atoms with E-state index < -0.39 is 16.8 Å². The van der Waals surface area contributed by atoms with Crippen LogP contribution in [0.1, 0.15) is 5.56 Å². The van der Waals surface area contributed by atoms with Crippen LogP contribution in [0.4, 0.5) is 13.2 Å². The minimum Gasteiger partial charge on any atom is -0.166 e. The van der Waals surface area contributed by atoms with Gasteiger partial charge in [-0.15, -0.1) is 0 Å². The zero-order valence-electron chi connectivity index (χ0n) is 5.85. The molecule has 0 aliphatic rings. The fourth-order valence-electron chi connectivity index (χ4n) is 0.710. The SMILES string of the molecule is FC(F)(F)c1cc(Cl)[c]c(Cl)c1Cl. The quantitative estimate of drug-likeness (QED) is 0.594. The number of alkyl halides is 3. The minimum absolute atomic E-state index is 0.221. The first-order valence-electron chi connectivity index (χ1n) is 2.96. The Morgan fingerprint density at radius 2 is 1.69 bits per heavy atom. The monoisotopic (exact) mass is 247 g/mol. The summed E-state index contributed by atoms with van der Waals surface area (Å²) in [7, 11) is 0. The summed E-state index contributed by atoms with van der Waals surface area (Å²) < 4.78 is 36.6. The number of hydrogen-bond acceptors (Lipinski definition) is 0. The molecule has 0 N–H and O–H groups in total. The van der Waals surface area contributed by atoms with E-state index in [1.807, 2.05) is 0 Å². The summed E-state index contributed by atoms with van der Waals surface area (Å²) in [6.07, 6.45) is -4.56. The molecule has 0 saturated carbocycles. The maximum absolute atomic E-state index is 12.2. The van der Waals surface area contributed by atoms with Gasteiger partial charge in [-0.1, -0.05) is 34.8 Å². The first kappa shape index (κ1) is 11.0. The second-order valence-corrected chi connectivity index (χ2v) is 3.32. The number of benzene rings is 1. The molecule has 0 amide bonds. The molecule has 1 rings (SSSR count). The van der Waals surface area contributed by atoms with Gasteiger partial charge in [0, 0.05) is 6.07 Å². The van der Waals surface area contributed by atoms with E-state index in [0.29, 0.717) is 6.07 Å². The second-order valence-electron chi connectivity index (χ2n) is 2.16. The van der Waals surface area contributed by atoms with E-state index in [-0.39, 0.29) is 10.0 Å². The second kappa shape index (κ2) is 3.56. The Balaban J connectivity index is 3.37. The predicted molar refractivity (Wildman–Crippen MR) is 45.3 cm³/mol. The molecule has 1 aromatic carbocycles. The van der Waals surface area contributed by atoms with Crippen LogP contribution in [-0.2, 0) is 6.18 Å². The summed E-state index contributed by atoms with van der Waals surface area (Å²) in [6, 6.07) is 2.93. The maximum Gasteiger partial charge on any atom is 0.417 e. The van der Waals surface area contributed by atoms with Crippen LogP contribution in [0, 0.1) is 6.07 Å². The van der Waals surface area contributed by atoms with Crippen LogP contribution >= 0.6 is 34.8 Å². The Kier molecular flexibility index (Phi) is 3.00. The number of hydrogen-bond donors (Lipinski definition) is 0. The van der Waals surface area contributed by atoms with E-state index in [0.717, 1.165) is 0 Å². The molecular weight excluding hydrogens is 247 g/mol. The van der Waals surface area contributed by atoms with Crippen molar-refractivity contribution < 1.29 is 13.2 Å². The minimum atomic E-state index is -4.56. The number of halogens is 6. The van der Waals surface area contributed by atoms with Crippen LogP contribution in [0.5, 0.6) is 0 Å². The van der Waals surface area contributed by atoms with Gasteiger partial charge in [0.25, 0.3) is 0 Å². The van der Waals surface area contributed by atoms with E-state index in [4.69, 9.17) is 34.8 Å². The van der Waals surface area contributed by atoms with Crippen molar-refractivity contribution in [3.05, 3.63) is 32.8 Å². The Labute approximate surface area is 87.2 Å². The molecule has 0 nitrogen and oxygen atoms in total. The van der Waals surface area contributed by atoms with Gasteiger partial charge in [0.05, 0.1) is 20.6 Å². The standard InChI is InChI=1S/C7HCl3F3/c8-3-1-4(7(11,12)13)6(10)5(9)2-3/h1H. The Bertz CT molecular complexity index is 332. The first-order chi connectivity index (χ1) is 5.82. The van der Waals surface area contributed by atoms with Crippen LogP contribution in [0.25, 0.3) is 0 Å². The van der Waals surface area contributed by atoms with Crippen LogP contribution in [0.3, 0.4) is 0 Å². The molecule has 71 valence electrons. The summed E-state index contributed by atoms with van der Waals surface area (Å²) in [6.45, 7) is 0. The van der Waals surface area contributed by atoms with E-state index >= 15 is 0 Å². The third-order valence-corrected chi connectivity index (χ3v) is 2.21. The lowest BCUT2D eigenvalue weighted by molar-refractivity contribution is -0.137. The van der Waals surface area contributed by atoms with Crippen molar-refractivity contribution in [2.24, 2.45) is 0 Å². The fourth-order valence-corrected chi connectivity index (χ4v) is 1.37. The zero-order chi connectivity index (χ0) is 10.2. The highest BCUT2D eigenvalue weighted by Crippen LogP contribution is 2.39. The molecule has 0 atom stereocenters. The average molecular weight is 248 g/mol. The lowest BCUT2D eigenvalue weighted by atomic mass is 10.2. The molecule has 13 heavy (non-hydrogen) atoms. The fraction of sp³-hybridized carbons (Fsp3) is 0.143. The molecule has 1 radical (unpaired) electrons. The lowest BCUT2D eigenvalue weighted by Crippen LogP contribution is -2.06. The van der Waals surface area contributed by atoms with Crippen LogP contribution in [0.15, 0.2) is 6.07 Å². The van der Waals surface area contributed by atoms with Crippen molar-refractivity contribution in [1.29, 1.82) is 0 Å². The van der Waals surface area contributed by atoms with Gasteiger partial charge in [-0.2, -0.15) is 13.2 Å². The Morgan fingerprint density at radius 1 is 1.15 bits per heavy atom. The summed E-state index contributed by atoms with van der Waals surface area (Å²) in [5.74, 6) is 0. The third-order valence-electron chi connectivity index (χ3n) is 1.23. The molecule has 0 spiro atoms. The van der Waals surface area contributed by atoms with Crippen LogP contribution < -0.4 is 0 Å². The van der Waals surface area contributed by atoms with Gasteiger partial charge in [-0.05, 0) is 6.07 Å². The third kappa shape index (κ3) is 2.42. The molecule has 0 aliphatic heterocycles. The molecule has 0 heterocycles. The zero-order valence-corrected chi connectivity index (χ0v) is 8.11. The average Bonchev–Trinajstić information content (AvgIpc) is 1.94. The van der Waals surface area contributed by atoms with Gasteiger partial charge in [-0.25, -0.2) is 0 Å². The van der Waals surface area contributed by atoms with Crippen LogP contribution in [-0.4, -0.2) is 0 Å². The molecule has 6 heteroatoms. The molecule has 0 aromatic heterocycles. The molecule has 0 bridgehead atoms. The Morgan fingerprint density at radius 3 is 2.15 bits per heavy atom. The van der Waals surface area contributed by atoms with E-state index in [1.54, 1.807) is 0 Å². The molecule has 0 saturated heterocycles. The van der Waals surface area contributed by atoms with Gasteiger partial charge in [0.1, 0.15) is 0 Å². The predicted octanol–water partition coefficient (Wildman–Crippen LogP) is 4.47. The molecule has 0 unspecified atom stereocenters. The normalized spacial score (nSPS) is 11.8. The largest absolute Gasteiger partial charge is 0.417 e. The topological polar surface area (TPSA) is 0 Å². The smallest absolute Gasteiger partial charge is 0.166 e. The van der Waals surface area contributed by atoms with Crippen molar-refractivity contribution in [2.45, 2.75) is 6.18 Å². The Hall–Kier alpha value is -0.120. The number of rotatable bonds is 0. The molecule has 0 aliphatic carbocycles. The highest BCUT2D eigenvalue weighted by molar-refractivity contribution is 6.43. The first-order valence-corrected chi connectivity index (χ1v) is 4.10. The van der Waals surface area contributed by atoms with E-state index in [9.17, 15) is 13.2 Å². The molecular formula is C7HCl3F3. The lowest BCUT2D eigenvalue weighted by Gasteiger charge is -2.09.